The van der Waals surface area contributed by atoms with Crippen molar-refractivity contribution < 1.29 is 13.9 Å². The molecule has 0 saturated carbocycles. The minimum absolute atomic E-state index is 0.173. The first-order valence-corrected chi connectivity index (χ1v) is 10.8. The number of benzene rings is 2. The van der Waals surface area contributed by atoms with Crippen LogP contribution in [-0.4, -0.2) is 69.3 Å². The van der Waals surface area contributed by atoms with E-state index >= 15 is 0 Å². The molecule has 5 nitrogen and oxygen atoms in total. The van der Waals surface area contributed by atoms with E-state index in [0.29, 0.717) is 6.04 Å². The number of likely N-dealkylation sites (tertiary alicyclic amines) is 1. The second kappa shape index (κ2) is 9.67. The lowest BCUT2D eigenvalue weighted by molar-refractivity contribution is 0.0887. The Morgan fingerprint density at radius 3 is 2.20 bits per heavy atom. The van der Waals surface area contributed by atoms with Crippen molar-refractivity contribution in [3.8, 4) is 11.5 Å². The molecule has 30 heavy (non-hydrogen) atoms. The van der Waals surface area contributed by atoms with Gasteiger partial charge in [-0.1, -0.05) is 0 Å². The quantitative estimate of drug-likeness (QED) is 0.721. The maximum absolute atomic E-state index is 13.2. The number of hydrogen-bond acceptors (Lipinski definition) is 5. The Bertz CT molecular complexity index is 799. The van der Waals surface area contributed by atoms with Crippen LogP contribution < -0.4 is 14.4 Å². The molecule has 2 aliphatic heterocycles. The number of nitrogens with zero attached hydrogens (tertiary/aromatic N) is 3. The number of piperazine rings is 1. The van der Waals surface area contributed by atoms with Crippen molar-refractivity contribution in [2.24, 2.45) is 0 Å². The first-order chi connectivity index (χ1) is 14.6. The molecule has 1 atom stereocenters. The molecule has 2 aliphatic rings. The molecule has 0 spiro atoms. The van der Waals surface area contributed by atoms with E-state index in [-0.39, 0.29) is 5.82 Å². The molecule has 0 N–H and O–H groups in total. The summed E-state index contributed by atoms with van der Waals surface area (Å²) in [4.78, 5) is 7.55. The minimum atomic E-state index is -0.173. The minimum Gasteiger partial charge on any atom is -0.497 e. The molecule has 6 heteroatoms. The molecule has 0 amide bonds. The van der Waals surface area contributed by atoms with Crippen molar-refractivity contribution in [1.29, 1.82) is 0 Å². The normalized spacial score (nSPS) is 20.9. The van der Waals surface area contributed by atoms with Crippen LogP contribution in [0.5, 0.6) is 11.5 Å². The van der Waals surface area contributed by atoms with Crippen molar-refractivity contribution in [2.75, 3.05) is 58.4 Å². The van der Waals surface area contributed by atoms with Gasteiger partial charge in [-0.2, -0.15) is 0 Å². The molecule has 0 aromatic heterocycles. The summed E-state index contributed by atoms with van der Waals surface area (Å²) in [6, 6.07) is 13.6. The number of ether oxygens (including phenoxy) is 2. The third kappa shape index (κ3) is 5.05. The third-order valence-corrected chi connectivity index (χ3v) is 6.32. The number of anilines is 1. The van der Waals surface area contributed by atoms with E-state index in [9.17, 15) is 4.39 Å². The van der Waals surface area contributed by atoms with Crippen LogP contribution in [0.15, 0.2) is 42.5 Å². The summed E-state index contributed by atoms with van der Waals surface area (Å²) < 4.78 is 24.0. The molecule has 0 bridgehead atoms. The van der Waals surface area contributed by atoms with Gasteiger partial charge in [-0.05, 0) is 61.3 Å². The van der Waals surface area contributed by atoms with Crippen molar-refractivity contribution in [2.45, 2.75) is 25.4 Å². The second-order valence-electron chi connectivity index (χ2n) is 8.25. The number of hydrogen-bond donors (Lipinski definition) is 0. The second-order valence-corrected chi connectivity index (χ2v) is 8.25. The molecular weight excluding hydrogens is 381 g/mol. The summed E-state index contributed by atoms with van der Waals surface area (Å²) in [6.07, 6.45) is 2.48. The van der Waals surface area contributed by atoms with Gasteiger partial charge in [0, 0.05) is 57.1 Å². The van der Waals surface area contributed by atoms with Gasteiger partial charge in [-0.25, -0.2) is 4.39 Å². The summed E-state index contributed by atoms with van der Waals surface area (Å²) >= 11 is 0. The van der Waals surface area contributed by atoms with Crippen LogP contribution in [0.25, 0.3) is 0 Å². The standard InChI is InChI=1S/C24H32FN3O2/c1-29-23-14-19(15-24(16-23)30-2)17-26-9-3-4-22(18-26)28-12-10-27(11-13-28)21-7-5-20(25)6-8-21/h5-8,14-16,22H,3-4,9-13,17-18H2,1-2H3/t22-/m0/s1. The monoisotopic (exact) mass is 413 g/mol. The van der Waals surface area contributed by atoms with Gasteiger partial charge in [-0.15, -0.1) is 0 Å². The van der Waals surface area contributed by atoms with E-state index < -0.39 is 0 Å². The van der Waals surface area contributed by atoms with Crippen LogP contribution in [0.4, 0.5) is 10.1 Å². The maximum atomic E-state index is 13.2. The van der Waals surface area contributed by atoms with E-state index in [1.54, 1.807) is 26.4 Å². The van der Waals surface area contributed by atoms with E-state index in [0.717, 1.165) is 63.0 Å². The summed E-state index contributed by atoms with van der Waals surface area (Å²) in [7, 11) is 3.39. The Kier molecular flexibility index (Phi) is 6.75. The highest BCUT2D eigenvalue weighted by molar-refractivity contribution is 5.46. The Hall–Kier alpha value is -2.31. The average molecular weight is 414 g/mol. The number of piperidine rings is 1. The van der Waals surface area contributed by atoms with Crippen LogP contribution in [0, 0.1) is 5.82 Å². The first-order valence-electron chi connectivity index (χ1n) is 10.8. The van der Waals surface area contributed by atoms with Gasteiger partial charge in [0.2, 0.25) is 0 Å². The van der Waals surface area contributed by atoms with Gasteiger partial charge in [0.25, 0.3) is 0 Å². The first kappa shape index (κ1) is 20.9. The van der Waals surface area contributed by atoms with Crippen LogP contribution >= 0.6 is 0 Å². The molecule has 162 valence electrons. The lowest BCUT2D eigenvalue weighted by Crippen LogP contribution is -2.55. The highest BCUT2D eigenvalue weighted by Gasteiger charge is 2.28. The molecule has 2 aromatic carbocycles. The van der Waals surface area contributed by atoms with Gasteiger partial charge in [0.1, 0.15) is 17.3 Å². The van der Waals surface area contributed by atoms with Gasteiger partial charge in [0.05, 0.1) is 14.2 Å². The zero-order valence-electron chi connectivity index (χ0n) is 18.0. The smallest absolute Gasteiger partial charge is 0.123 e. The Morgan fingerprint density at radius 1 is 0.900 bits per heavy atom. The fraction of sp³-hybridized carbons (Fsp3) is 0.500. The largest absolute Gasteiger partial charge is 0.497 e. The number of methoxy groups -OCH3 is 2. The zero-order valence-corrected chi connectivity index (χ0v) is 18.0. The van der Waals surface area contributed by atoms with E-state index in [2.05, 4.69) is 26.8 Å². The van der Waals surface area contributed by atoms with Crippen molar-refractivity contribution in [3.05, 3.63) is 53.8 Å². The Labute approximate surface area is 179 Å². The molecule has 0 unspecified atom stereocenters. The van der Waals surface area contributed by atoms with E-state index in [1.807, 2.05) is 18.2 Å². The Morgan fingerprint density at radius 2 is 1.57 bits per heavy atom. The van der Waals surface area contributed by atoms with Gasteiger partial charge >= 0.3 is 0 Å². The van der Waals surface area contributed by atoms with Crippen LogP contribution in [0.3, 0.4) is 0 Å². The lowest BCUT2D eigenvalue weighted by Gasteiger charge is -2.44. The molecule has 2 saturated heterocycles. The summed E-state index contributed by atoms with van der Waals surface area (Å²) in [6.45, 7) is 7.25. The number of halogens is 1. The molecule has 0 aliphatic carbocycles. The van der Waals surface area contributed by atoms with Crippen molar-refractivity contribution >= 4 is 5.69 Å². The van der Waals surface area contributed by atoms with Crippen molar-refractivity contribution in [3.63, 3.8) is 0 Å². The maximum Gasteiger partial charge on any atom is 0.123 e. The molecule has 0 radical (unpaired) electrons. The number of rotatable bonds is 6. The highest BCUT2D eigenvalue weighted by atomic mass is 19.1. The van der Waals surface area contributed by atoms with Crippen molar-refractivity contribution in [1.82, 2.24) is 9.80 Å². The summed E-state index contributed by atoms with van der Waals surface area (Å²) in [5, 5.41) is 0. The Balaban J connectivity index is 1.33. The predicted molar refractivity (Wildman–Crippen MR) is 118 cm³/mol. The lowest BCUT2D eigenvalue weighted by atomic mass is 10.0. The van der Waals surface area contributed by atoms with Gasteiger partial charge < -0.3 is 14.4 Å². The van der Waals surface area contributed by atoms with Crippen LogP contribution in [0.1, 0.15) is 18.4 Å². The average Bonchev–Trinajstić information content (AvgIpc) is 2.79. The highest BCUT2D eigenvalue weighted by Crippen LogP contribution is 2.26. The molecular formula is C24H32FN3O2. The molecule has 2 fully saturated rings. The zero-order chi connectivity index (χ0) is 20.9. The fourth-order valence-electron chi connectivity index (χ4n) is 4.69. The van der Waals surface area contributed by atoms with Crippen LogP contribution in [0.2, 0.25) is 0 Å². The summed E-state index contributed by atoms with van der Waals surface area (Å²) in [5.74, 6) is 1.51. The fourth-order valence-corrected chi connectivity index (χ4v) is 4.69. The van der Waals surface area contributed by atoms with E-state index in [4.69, 9.17) is 9.47 Å². The van der Waals surface area contributed by atoms with Crippen LogP contribution in [-0.2, 0) is 6.54 Å². The predicted octanol–water partition coefficient (Wildman–Crippen LogP) is 3.63. The van der Waals surface area contributed by atoms with E-state index in [1.165, 1.54) is 18.4 Å². The third-order valence-electron chi connectivity index (χ3n) is 6.32. The SMILES string of the molecule is COc1cc(CN2CCC[C@H](N3CCN(c4ccc(F)cc4)CC3)C2)cc(OC)c1. The molecule has 2 heterocycles. The van der Waals surface area contributed by atoms with Gasteiger partial charge in [0.15, 0.2) is 0 Å². The topological polar surface area (TPSA) is 28.2 Å². The molecule has 2 aromatic rings. The molecule has 4 rings (SSSR count). The van der Waals surface area contributed by atoms with Gasteiger partial charge in [-0.3, -0.25) is 9.80 Å². The summed E-state index contributed by atoms with van der Waals surface area (Å²) in [5.41, 5.74) is 2.35.